The minimum atomic E-state index is -1.13. The van der Waals surface area contributed by atoms with Crippen molar-refractivity contribution in [3.63, 3.8) is 0 Å². The number of carboxylic acid groups (broad SMARTS) is 1. The number of aromatic nitrogens is 1. The van der Waals surface area contributed by atoms with Crippen molar-refractivity contribution in [3.05, 3.63) is 71.9 Å². The van der Waals surface area contributed by atoms with Crippen LogP contribution in [-0.2, 0) is 20.9 Å². The van der Waals surface area contributed by atoms with Crippen molar-refractivity contribution in [2.45, 2.75) is 19.6 Å². The lowest BCUT2D eigenvalue weighted by atomic mass is 10.1. The van der Waals surface area contributed by atoms with Gasteiger partial charge in [0.2, 0.25) is 0 Å². The molecule has 1 heterocycles. The number of nitrogens with zero attached hydrogens (tertiary/aromatic N) is 1. The molecule has 1 aromatic heterocycles. The van der Waals surface area contributed by atoms with E-state index in [9.17, 15) is 14.4 Å². The van der Waals surface area contributed by atoms with E-state index < -0.39 is 23.9 Å². The lowest BCUT2D eigenvalue weighted by Gasteiger charge is -2.12. The highest BCUT2D eigenvalue weighted by atomic mass is 16.6. The fourth-order valence-corrected chi connectivity index (χ4v) is 2.67. The van der Waals surface area contributed by atoms with Crippen molar-refractivity contribution in [3.8, 4) is 5.75 Å². The molecule has 0 unspecified atom stereocenters. The smallest absolute Gasteiger partial charge is 0.344 e. The van der Waals surface area contributed by atoms with E-state index in [0.717, 1.165) is 5.56 Å². The van der Waals surface area contributed by atoms with Gasteiger partial charge in [-0.2, -0.15) is 0 Å². The van der Waals surface area contributed by atoms with E-state index in [2.05, 4.69) is 10.3 Å². The standard InChI is InChI=1S/C22H20N2O6/c1-14(22(27)28)24-21(26)18-9-10-23-19-11-16(7-8-17(18)19)29-13-20(25)30-12-15-5-3-2-4-6-15/h2-11,14H,12-13H2,1H3,(H,24,26)(H,27,28)/t14-/m1/s1. The van der Waals surface area contributed by atoms with Crippen LogP contribution in [0.1, 0.15) is 22.8 Å². The molecule has 0 radical (unpaired) electrons. The maximum absolute atomic E-state index is 12.4. The third kappa shape index (κ3) is 5.32. The highest BCUT2D eigenvalue weighted by Crippen LogP contribution is 2.22. The molecule has 0 saturated heterocycles. The summed E-state index contributed by atoms with van der Waals surface area (Å²) in [4.78, 5) is 39.4. The molecule has 3 aromatic rings. The van der Waals surface area contributed by atoms with Gasteiger partial charge in [-0.3, -0.25) is 14.6 Å². The summed E-state index contributed by atoms with van der Waals surface area (Å²) in [5, 5.41) is 11.9. The Morgan fingerprint density at radius 2 is 1.87 bits per heavy atom. The van der Waals surface area contributed by atoms with Gasteiger partial charge in [-0.15, -0.1) is 0 Å². The highest BCUT2D eigenvalue weighted by molar-refractivity contribution is 6.07. The van der Waals surface area contributed by atoms with Crippen molar-refractivity contribution >= 4 is 28.7 Å². The Labute approximate surface area is 172 Å². The molecular formula is C22H20N2O6. The van der Waals surface area contributed by atoms with Crippen molar-refractivity contribution in [2.75, 3.05) is 6.61 Å². The molecular weight excluding hydrogens is 388 g/mol. The number of aliphatic carboxylic acids is 1. The molecule has 8 heteroatoms. The summed E-state index contributed by atoms with van der Waals surface area (Å²) in [5.74, 6) is -1.77. The maximum Gasteiger partial charge on any atom is 0.344 e. The third-order valence-corrected chi connectivity index (χ3v) is 4.28. The van der Waals surface area contributed by atoms with Crippen molar-refractivity contribution in [2.24, 2.45) is 0 Å². The van der Waals surface area contributed by atoms with E-state index in [0.29, 0.717) is 22.2 Å². The van der Waals surface area contributed by atoms with Gasteiger partial charge in [-0.25, -0.2) is 4.79 Å². The van der Waals surface area contributed by atoms with Gasteiger partial charge in [-0.05, 0) is 30.7 Å². The molecule has 0 aliphatic carbocycles. The van der Waals surface area contributed by atoms with Gasteiger partial charge in [0.1, 0.15) is 18.4 Å². The molecule has 30 heavy (non-hydrogen) atoms. The second kappa shape index (κ2) is 9.51. The third-order valence-electron chi connectivity index (χ3n) is 4.28. The van der Waals surface area contributed by atoms with Gasteiger partial charge in [0.25, 0.3) is 5.91 Å². The molecule has 0 aliphatic rings. The Bertz CT molecular complexity index is 1070. The SMILES string of the molecule is C[C@@H](NC(=O)c1ccnc2cc(OCC(=O)OCc3ccccc3)ccc12)C(=O)O. The number of hydrogen-bond acceptors (Lipinski definition) is 6. The molecule has 3 rings (SSSR count). The zero-order chi connectivity index (χ0) is 21.5. The summed E-state index contributed by atoms with van der Waals surface area (Å²) < 4.78 is 10.6. The molecule has 1 amide bonds. The van der Waals surface area contributed by atoms with E-state index in [-0.39, 0.29) is 13.2 Å². The Morgan fingerprint density at radius 1 is 1.10 bits per heavy atom. The van der Waals surface area contributed by atoms with E-state index in [1.165, 1.54) is 19.2 Å². The summed E-state index contributed by atoms with van der Waals surface area (Å²) in [7, 11) is 0. The van der Waals surface area contributed by atoms with Gasteiger partial charge in [0.05, 0.1) is 11.1 Å². The van der Waals surface area contributed by atoms with Gasteiger partial charge in [0, 0.05) is 17.6 Å². The lowest BCUT2D eigenvalue weighted by molar-refractivity contribution is -0.147. The number of carboxylic acids is 1. The van der Waals surface area contributed by atoms with Crippen LogP contribution in [0.25, 0.3) is 10.9 Å². The predicted molar refractivity (Wildman–Crippen MR) is 108 cm³/mol. The number of ether oxygens (including phenoxy) is 2. The van der Waals surface area contributed by atoms with Crippen LogP contribution in [0.15, 0.2) is 60.8 Å². The van der Waals surface area contributed by atoms with Gasteiger partial charge >= 0.3 is 11.9 Å². The first-order valence-corrected chi connectivity index (χ1v) is 9.19. The van der Waals surface area contributed by atoms with Crippen LogP contribution in [0.4, 0.5) is 0 Å². The zero-order valence-electron chi connectivity index (χ0n) is 16.2. The molecule has 0 fully saturated rings. The number of hydrogen-bond donors (Lipinski definition) is 2. The van der Waals surface area contributed by atoms with Crippen LogP contribution in [0, 0.1) is 0 Å². The summed E-state index contributed by atoms with van der Waals surface area (Å²) >= 11 is 0. The van der Waals surface area contributed by atoms with Crippen LogP contribution in [-0.4, -0.2) is 40.6 Å². The van der Waals surface area contributed by atoms with Gasteiger partial charge in [0.15, 0.2) is 6.61 Å². The number of amides is 1. The largest absolute Gasteiger partial charge is 0.482 e. The molecule has 0 spiro atoms. The number of carbonyl (C=O) groups is 3. The molecule has 2 N–H and O–H groups in total. The van der Waals surface area contributed by atoms with Crippen LogP contribution in [0.5, 0.6) is 5.75 Å². The molecule has 0 bridgehead atoms. The van der Waals surface area contributed by atoms with E-state index in [4.69, 9.17) is 14.6 Å². The Hall–Kier alpha value is -3.94. The van der Waals surface area contributed by atoms with Gasteiger partial charge < -0.3 is 19.9 Å². The molecule has 2 aromatic carbocycles. The zero-order valence-corrected chi connectivity index (χ0v) is 16.2. The second-order valence-electron chi connectivity index (χ2n) is 6.51. The summed E-state index contributed by atoms with van der Waals surface area (Å²) in [6.07, 6.45) is 1.45. The summed E-state index contributed by atoms with van der Waals surface area (Å²) in [6.45, 7) is 1.27. The first kappa shape index (κ1) is 20.8. The first-order valence-electron chi connectivity index (χ1n) is 9.19. The number of pyridine rings is 1. The molecule has 8 nitrogen and oxygen atoms in total. The van der Waals surface area contributed by atoms with E-state index in [1.807, 2.05) is 30.3 Å². The molecule has 0 aliphatic heterocycles. The Morgan fingerprint density at radius 3 is 2.60 bits per heavy atom. The fourth-order valence-electron chi connectivity index (χ4n) is 2.67. The van der Waals surface area contributed by atoms with Crippen LogP contribution >= 0.6 is 0 Å². The summed E-state index contributed by atoms with van der Waals surface area (Å²) in [5.41, 5.74) is 1.64. The quantitative estimate of drug-likeness (QED) is 0.551. The topological polar surface area (TPSA) is 115 Å². The average molecular weight is 408 g/mol. The van der Waals surface area contributed by atoms with E-state index in [1.54, 1.807) is 18.2 Å². The molecule has 154 valence electrons. The summed E-state index contributed by atoms with van der Waals surface area (Å²) in [6, 6.07) is 14.6. The Kier molecular flexibility index (Phi) is 6.59. The number of rotatable bonds is 8. The van der Waals surface area contributed by atoms with Crippen molar-refractivity contribution in [1.82, 2.24) is 10.3 Å². The maximum atomic E-state index is 12.4. The highest BCUT2D eigenvalue weighted by Gasteiger charge is 2.17. The van der Waals surface area contributed by atoms with Crippen LogP contribution in [0.3, 0.4) is 0 Å². The van der Waals surface area contributed by atoms with E-state index >= 15 is 0 Å². The first-order chi connectivity index (χ1) is 14.4. The van der Waals surface area contributed by atoms with Crippen molar-refractivity contribution in [1.29, 1.82) is 0 Å². The average Bonchev–Trinajstić information content (AvgIpc) is 2.76. The number of fused-ring (bicyclic) bond motifs is 1. The van der Waals surface area contributed by atoms with Crippen LogP contribution < -0.4 is 10.1 Å². The predicted octanol–water partition coefficient (Wildman–Crippen LogP) is 2.56. The second-order valence-corrected chi connectivity index (χ2v) is 6.51. The fraction of sp³-hybridized carbons (Fsp3) is 0.182. The number of esters is 1. The minimum absolute atomic E-state index is 0.162. The molecule has 0 saturated carbocycles. The lowest BCUT2D eigenvalue weighted by Crippen LogP contribution is -2.38. The van der Waals surface area contributed by atoms with Crippen LogP contribution in [0.2, 0.25) is 0 Å². The van der Waals surface area contributed by atoms with Gasteiger partial charge in [-0.1, -0.05) is 30.3 Å². The van der Waals surface area contributed by atoms with Crippen molar-refractivity contribution < 1.29 is 29.0 Å². The normalized spacial score (nSPS) is 11.5. The monoisotopic (exact) mass is 408 g/mol. The Balaban J connectivity index is 1.63. The number of nitrogens with one attached hydrogen (secondary N) is 1. The number of benzene rings is 2. The number of carbonyl (C=O) groups excluding carboxylic acids is 2. The minimum Gasteiger partial charge on any atom is -0.482 e. The molecule has 1 atom stereocenters.